The summed E-state index contributed by atoms with van der Waals surface area (Å²) in [4.78, 5) is 2.97. The monoisotopic (exact) mass is 332 g/mol. The molecule has 1 rings (SSSR count). The molecule has 1 aromatic rings. The zero-order chi connectivity index (χ0) is 16.6. The van der Waals surface area contributed by atoms with Crippen molar-refractivity contribution in [2.24, 2.45) is 0 Å². The highest BCUT2D eigenvalue weighted by molar-refractivity contribution is 8.03. The van der Waals surface area contributed by atoms with E-state index < -0.39 is 0 Å². The molecular weight excluding hydrogens is 296 g/mol. The van der Waals surface area contributed by atoms with E-state index in [9.17, 15) is 0 Å². The fourth-order valence-corrected chi connectivity index (χ4v) is 3.79. The molecule has 0 nitrogen and oxygen atoms in total. The summed E-state index contributed by atoms with van der Waals surface area (Å²) in [6.07, 6.45) is 18.8. The van der Waals surface area contributed by atoms with Gasteiger partial charge in [0.25, 0.3) is 0 Å². The second kappa shape index (κ2) is 14.9. The molecule has 0 amide bonds. The van der Waals surface area contributed by atoms with E-state index in [2.05, 4.69) is 50.3 Å². The Kier molecular flexibility index (Phi) is 13.2. The molecule has 1 heteroatoms. The summed E-state index contributed by atoms with van der Waals surface area (Å²) in [5.74, 6) is 0. The van der Waals surface area contributed by atoms with Crippen LogP contribution in [0.5, 0.6) is 0 Å². The van der Waals surface area contributed by atoms with Gasteiger partial charge in [-0.05, 0) is 42.7 Å². The fourth-order valence-electron chi connectivity index (χ4n) is 2.75. The van der Waals surface area contributed by atoms with E-state index in [1.807, 2.05) is 11.8 Å². The molecule has 0 saturated carbocycles. The lowest BCUT2D eigenvalue weighted by Crippen LogP contribution is -1.84. The summed E-state index contributed by atoms with van der Waals surface area (Å²) in [7, 11) is 0. The lowest BCUT2D eigenvalue weighted by atomic mass is 10.1. The van der Waals surface area contributed by atoms with Crippen LogP contribution in [0.1, 0.15) is 90.9 Å². The van der Waals surface area contributed by atoms with Gasteiger partial charge in [0.2, 0.25) is 0 Å². The molecular formula is C22H36S. The van der Waals surface area contributed by atoms with Gasteiger partial charge in [0, 0.05) is 4.90 Å². The Hall–Kier alpha value is -0.690. The van der Waals surface area contributed by atoms with Crippen molar-refractivity contribution in [1.29, 1.82) is 0 Å². The van der Waals surface area contributed by atoms with Crippen LogP contribution in [0.3, 0.4) is 0 Å². The van der Waals surface area contributed by atoms with Gasteiger partial charge in [-0.1, -0.05) is 101 Å². The number of allylic oxidation sites excluding steroid dienone is 2. The third-order valence-corrected chi connectivity index (χ3v) is 5.34. The summed E-state index contributed by atoms with van der Waals surface area (Å²) in [5.41, 5.74) is 0. The minimum atomic E-state index is 1.26. The van der Waals surface area contributed by atoms with Gasteiger partial charge in [0.05, 0.1) is 0 Å². The summed E-state index contributed by atoms with van der Waals surface area (Å²) >= 11 is 1.98. The maximum absolute atomic E-state index is 2.52. The van der Waals surface area contributed by atoms with E-state index in [-0.39, 0.29) is 0 Å². The summed E-state index contributed by atoms with van der Waals surface area (Å²) in [6, 6.07) is 10.9. The largest absolute Gasteiger partial charge is 0.0949 e. The van der Waals surface area contributed by atoms with Crippen LogP contribution in [0.2, 0.25) is 0 Å². The minimum absolute atomic E-state index is 1.26. The molecule has 0 aromatic heterocycles. The number of benzene rings is 1. The molecule has 0 atom stereocenters. The molecule has 0 spiro atoms. The lowest BCUT2D eigenvalue weighted by molar-refractivity contribution is 0.610. The van der Waals surface area contributed by atoms with Crippen molar-refractivity contribution in [2.75, 3.05) is 0 Å². The highest BCUT2D eigenvalue weighted by Crippen LogP contribution is 2.31. The van der Waals surface area contributed by atoms with Gasteiger partial charge >= 0.3 is 0 Å². The van der Waals surface area contributed by atoms with Crippen molar-refractivity contribution >= 4 is 11.8 Å². The highest BCUT2D eigenvalue weighted by Gasteiger charge is 2.01. The second-order valence-corrected chi connectivity index (χ2v) is 7.65. The van der Waals surface area contributed by atoms with E-state index in [1.165, 1.54) is 81.9 Å². The maximum atomic E-state index is 2.52. The van der Waals surface area contributed by atoms with Crippen LogP contribution in [0, 0.1) is 0 Å². The molecule has 0 radical (unpaired) electrons. The quantitative estimate of drug-likeness (QED) is 0.243. The minimum Gasteiger partial charge on any atom is -0.0949 e. The van der Waals surface area contributed by atoms with Gasteiger partial charge in [0.1, 0.15) is 0 Å². The molecule has 1 aromatic carbocycles. The number of unbranched alkanes of at least 4 members (excludes halogenated alkanes) is 9. The van der Waals surface area contributed by atoms with Gasteiger partial charge in [-0.3, -0.25) is 0 Å². The van der Waals surface area contributed by atoms with Crippen molar-refractivity contribution in [1.82, 2.24) is 0 Å². The van der Waals surface area contributed by atoms with Crippen LogP contribution in [-0.4, -0.2) is 0 Å². The van der Waals surface area contributed by atoms with E-state index in [1.54, 1.807) is 4.91 Å². The number of rotatable bonds is 14. The highest BCUT2D eigenvalue weighted by atomic mass is 32.2. The van der Waals surface area contributed by atoms with Crippen LogP contribution >= 0.6 is 11.8 Å². The van der Waals surface area contributed by atoms with Crippen LogP contribution in [0.4, 0.5) is 0 Å². The predicted molar refractivity (Wildman–Crippen MR) is 107 cm³/mol. The number of hydrogen-bond acceptors (Lipinski definition) is 1. The fraction of sp³-hybridized carbons (Fsp3) is 0.636. The average Bonchev–Trinajstić information content (AvgIpc) is 2.58. The van der Waals surface area contributed by atoms with Gasteiger partial charge in [0.15, 0.2) is 0 Å². The van der Waals surface area contributed by atoms with E-state index in [0.29, 0.717) is 0 Å². The first kappa shape index (κ1) is 20.4. The number of hydrogen-bond donors (Lipinski definition) is 0. The zero-order valence-electron chi connectivity index (χ0n) is 15.4. The first-order chi connectivity index (χ1) is 11.4. The third kappa shape index (κ3) is 11.5. The topological polar surface area (TPSA) is 0 Å². The Bertz CT molecular complexity index is 394. The molecule has 0 heterocycles. The van der Waals surface area contributed by atoms with Crippen LogP contribution in [0.25, 0.3) is 0 Å². The van der Waals surface area contributed by atoms with Crippen LogP contribution in [0.15, 0.2) is 46.2 Å². The van der Waals surface area contributed by atoms with E-state index in [4.69, 9.17) is 0 Å². The molecule has 0 saturated heterocycles. The molecule has 0 aliphatic rings. The Labute approximate surface area is 149 Å². The van der Waals surface area contributed by atoms with Gasteiger partial charge in [-0.15, -0.1) is 0 Å². The molecule has 0 N–H and O–H groups in total. The Balaban J connectivity index is 2.35. The number of thioether (sulfide) groups is 1. The predicted octanol–water partition coefficient (Wildman–Crippen LogP) is 8.38. The van der Waals surface area contributed by atoms with Crippen molar-refractivity contribution in [3.05, 3.63) is 41.3 Å². The molecule has 0 unspecified atom stereocenters. The lowest BCUT2D eigenvalue weighted by Gasteiger charge is -2.08. The van der Waals surface area contributed by atoms with Gasteiger partial charge in [-0.25, -0.2) is 0 Å². The molecule has 0 fully saturated rings. The smallest absolute Gasteiger partial charge is 0.0118 e. The Morgan fingerprint density at radius 1 is 0.783 bits per heavy atom. The molecule has 23 heavy (non-hydrogen) atoms. The summed E-state index contributed by atoms with van der Waals surface area (Å²) in [6.45, 7) is 4.57. The van der Waals surface area contributed by atoms with Crippen LogP contribution in [-0.2, 0) is 0 Å². The van der Waals surface area contributed by atoms with Gasteiger partial charge in [-0.2, -0.15) is 0 Å². The van der Waals surface area contributed by atoms with E-state index in [0.717, 1.165) is 0 Å². The average molecular weight is 333 g/mol. The van der Waals surface area contributed by atoms with Crippen molar-refractivity contribution in [3.8, 4) is 0 Å². The second-order valence-electron chi connectivity index (χ2n) is 6.45. The SMILES string of the molecule is CCCCCCCC/C=C(/CCCCCC)Sc1ccccc1. The summed E-state index contributed by atoms with van der Waals surface area (Å²) in [5, 5.41) is 0. The summed E-state index contributed by atoms with van der Waals surface area (Å²) < 4.78 is 0. The molecule has 0 aliphatic heterocycles. The van der Waals surface area contributed by atoms with Crippen molar-refractivity contribution in [2.45, 2.75) is 95.8 Å². The maximum Gasteiger partial charge on any atom is 0.0118 e. The molecule has 0 bridgehead atoms. The molecule has 0 aliphatic carbocycles. The van der Waals surface area contributed by atoms with E-state index >= 15 is 0 Å². The normalized spacial score (nSPS) is 11.8. The first-order valence-electron chi connectivity index (χ1n) is 9.78. The van der Waals surface area contributed by atoms with Crippen LogP contribution < -0.4 is 0 Å². The van der Waals surface area contributed by atoms with Crippen molar-refractivity contribution in [3.63, 3.8) is 0 Å². The zero-order valence-corrected chi connectivity index (χ0v) is 16.2. The Morgan fingerprint density at radius 2 is 1.39 bits per heavy atom. The van der Waals surface area contributed by atoms with Crippen molar-refractivity contribution < 1.29 is 0 Å². The molecule has 130 valence electrons. The third-order valence-electron chi connectivity index (χ3n) is 4.20. The van der Waals surface area contributed by atoms with Gasteiger partial charge < -0.3 is 0 Å². The standard InChI is InChI=1S/C22H36S/c1-3-5-7-9-10-11-14-18-21(17-13-8-6-4-2)23-22-19-15-12-16-20-22/h12,15-16,18-20H,3-11,13-14,17H2,1-2H3/b21-18-. The Morgan fingerprint density at radius 3 is 2.09 bits per heavy atom. The first-order valence-corrected chi connectivity index (χ1v) is 10.6.